The molecular weight excluding hydrogens is 252 g/mol. The SMILES string of the molecule is CC1(c2cccc(F)c2F)NC(=NC2CC2)NC1=O. The smallest absolute Gasteiger partial charge is 0.256 e. The normalized spacial score (nSPS) is 28.4. The molecule has 1 atom stereocenters. The van der Waals surface area contributed by atoms with Gasteiger partial charge in [-0.05, 0) is 25.8 Å². The molecule has 4 nitrogen and oxygen atoms in total. The van der Waals surface area contributed by atoms with Crippen LogP contribution in [-0.2, 0) is 10.3 Å². The summed E-state index contributed by atoms with van der Waals surface area (Å²) >= 11 is 0. The topological polar surface area (TPSA) is 53.5 Å². The van der Waals surface area contributed by atoms with Crippen molar-refractivity contribution in [3.63, 3.8) is 0 Å². The zero-order valence-corrected chi connectivity index (χ0v) is 10.3. The average Bonchev–Trinajstić information content (AvgIpc) is 3.10. The Kier molecular flexibility index (Phi) is 2.55. The molecule has 1 aromatic rings. The van der Waals surface area contributed by atoms with Crippen LogP contribution in [0.2, 0.25) is 0 Å². The first-order chi connectivity index (χ1) is 9.00. The number of hydrogen-bond acceptors (Lipinski definition) is 2. The third-order valence-electron chi connectivity index (χ3n) is 3.40. The molecule has 1 saturated heterocycles. The van der Waals surface area contributed by atoms with Crippen LogP contribution in [0.3, 0.4) is 0 Å². The van der Waals surface area contributed by atoms with Crippen molar-refractivity contribution in [2.45, 2.75) is 31.3 Å². The third-order valence-corrected chi connectivity index (χ3v) is 3.40. The van der Waals surface area contributed by atoms with E-state index in [1.807, 2.05) is 0 Å². The summed E-state index contributed by atoms with van der Waals surface area (Å²) in [5.74, 6) is -2.09. The molecule has 1 unspecified atom stereocenters. The van der Waals surface area contributed by atoms with E-state index in [0.717, 1.165) is 18.9 Å². The van der Waals surface area contributed by atoms with E-state index in [0.29, 0.717) is 5.96 Å². The van der Waals surface area contributed by atoms with Crippen molar-refractivity contribution in [1.29, 1.82) is 0 Å². The molecule has 100 valence electrons. The van der Waals surface area contributed by atoms with Crippen molar-refractivity contribution >= 4 is 11.9 Å². The molecule has 19 heavy (non-hydrogen) atoms. The summed E-state index contributed by atoms with van der Waals surface area (Å²) in [6.07, 6.45) is 1.98. The minimum atomic E-state index is -1.33. The number of carbonyl (C=O) groups excluding carboxylic acids is 1. The van der Waals surface area contributed by atoms with Crippen molar-refractivity contribution in [2.24, 2.45) is 4.99 Å². The molecule has 1 aliphatic carbocycles. The molecule has 2 aliphatic rings. The van der Waals surface area contributed by atoms with Gasteiger partial charge < -0.3 is 5.32 Å². The zero-order chi connectivity index (χ0) is 13.6. The standard InChI is InChI=1S/C13H13F2N3O/c1-13(8-3-2-4-9(14)10(8)15)11(19)17-12(18-13)16-7-5-6-7/h2-4,7H,5-6H2,1H3,(H2,16,17,18,19). The lowest BCUT2D eigenvalue weighted by molar-refractivity contribution is -0.123. The highest BCUT2D eigenvalue weighted by Gasteiger charge is 2.45. The fourth-order valence-electron chi connectivity index (χ4n) is 2.09. The van der Waals surface area contributed by atoms with Crippen LogP contribution < -0.4 is 10.6 Å². The average molecular weight is 265 g/mol. The van der Waals surface area contributed by atoms with Gasteiger partial charge in [0.2, 0.25) is 0 Å². The minimum Gasteiger partial charge on any atom is -0.338 e. The molecular formula is C13H13F2N3O. The van der Waals surface area contributed by atoms with Gasteiger partial charge in [-0.2, -0.15) is 0 Å². The fraction of sp³-hybridized carbons (Fsp3) is 0.385. The first-order valence-electron chi connectivity index (χ1n) is 6.12. The van der Waals surface area contributed by atoms with Crippen LogP contribution >= 0.6 is 0 Å². The van der Waals surface area contributed by atoms with Crippen LogP contribution in [0.15, 0.2) is 23.2 Å². The van der Waals surface area contributed by atoms with Gasteiger partial charge in [0.05, 0.1) is 6.04 Å². The van der Waals surface area contributed by atoms with Gasteiger partial charge in [-0.3, -0.25) is 10.1 Å². The predicted molar refractivity (Wildman–Crippen MR) is 65.4 cm³/mol. The number of benzene rings is 1. The quantitative estimate of drug-likeness (QED) is 0.849. The van der Waals surface area contributed by atoms with Gasteiger partial charge in [-0.25, -0.2) is 13.8 Å². The van der Waals surface area contributed by atoms with Gasteiger partial charge in [0.25, 0.3) is 5.91 Å². The summed E-state index contributed by atoms with van der Waals surface area (Å²) in [5.41, 5.74) is -1.36. The monoisotopic (exact) mass is 265 g/mol. The Balaban J connectivity index is 1.98. The molecule has 0 aromatic heterocycles. The highest BCUT2D eigenvalue weighted by molar-refractivity contribution is 6.09. The molecule has 6 heteroatoms. The van der Waals surface area contributed by atoms with Crippen molar-refractivity contribution in [3.8, 4) is 0 Å². The van der Waals surface area contributed by atoms with Crippen molar-refractivity contribution in [1.82, 2.24) is 10.6 Å². The first-order valence-corrected chi connectivity index (χ1v) is 6.12. The third kappa shape index (κ3) is 1.97. The van der Waals surface area contributed by atoms with E-state index >= 15 is 0 Å². The van der Waals surface area contributed by atoms with E-state index in [-0.39, 0.29) is 11.6 Å². The van der Waals surface area contributed by atoms with Gasteiger partial charge in [0.1, 0.15) is 5.54 Å². The number of halogens is 2. The maximum atomic E-state index is 13.8. The lowest BCUT2D eigenvalue weighted by atomic mass is 9.92. The second kappa shape index (κ2) is 4.01. The van der Waals surface area contributed by atoms with E-state index in [2.05, 4.69) is 15.6 Å². The minimum absolute atomic E-state index is 0.0222. The largest absolute Gasteiger partial charge is 0.338 e. The first kappa shape index (κ1) is 12.1. The lowest BCUT2D eigenvalue weighted by Gasteiger charge is -2.22. The van der Waals surface area contributed by atoms with Crippen molar-refractivity contribution in [2.75, 3.05) is 0 Å². The van der Waals surface area contributed by atoms with Crippen LogP contribution in [0, 0.1) is 11.6 Å². The van der Waals surface area contributed by atoms with Gasteiger partial charge in [0, 0.05) is 5.56 Å². The Morgan fingerprint density at radius 2 is 2.11 bits per heavy atom. The number of rotatable bonds is 2. The van der Waals surface area contributed by atoms with Gasteiger partial charge >= 0.3 is 0 Å². The molecule has 2 N–H and O–H groups in total. The van der Waals surface area contributed by atoms with E-state index in [1.54, 1.807) is 0 Å². The Hall–Kier alpha value is -1.98. The molecule has 0 bridgehead atoms. The Morgan fingerprint density at radius 3 is 2.79 bits per heavy atom. The number of nitrogens with zero attached hydrogens (tertiary/aromatic N) is 1. The summed E-state index contributed by atoms with van der Waals surface area (Å²) in [5, 5.41) is 5.43. The van der Waals surface area contributed by atoms with Crippen LogP contribution in [0.4, 0.5) is 8.78 Å². The molecule has 1 amide bonds. The molecule has 1 heterocycles. The summed E-state index contributed by atoms with van der Waals surface area (Å²) in [7, 11) is 0. The molecule has 3 rings (SSSR count). The second-order valence-electron chi connectivity index (χ2n) is 5.01. The van der Waals surface area contributed by atoms with E-state index in [1.165, 1.54) is 19.1 Å². The van der Waals surface area contributed by atoms with Crippen LogP contribution in [-0.4, -0.2) is 17.9 Å². The number of hydrogen-bond donors (Lipinski definition) is 2. The van der Waals surface area contributed by atoms with Crippen molar-refractivity contribution < 1.29 is 13.6 Å². The number of amides is 1. The second-order valence-corrected chi connectivity index (χ2v) is 5.01. The summed E-state index contributed by atoms with van der Waals surface area (Å²) in [6.45, 7) is 1.51. The molecule has 1 saturated carbocycles. The summed E-state index contributed by atoms with van der Waals surface area (Å²) in [4.78, 5) is 16.3. The van der Waals surface area contributed by atoms with Gasteiger partial charge in [0.15, 0.2) is 17.6 Å². The molecule has 2 fully saturated rings. The summed E-state index contributed by atoms with van der Waals surface area (Å²) in [6, 6.07) is 4.02. The molecule has 1 aromatic carbocycles. The van der Waals surface area contributed by atoms with Crippen molar-refractivity contribution in [3.05, 3.63) is 35.4 Å². The van der Waals surface area contributed by atoms with E-state index < -0.39 is 23.1 Å². The fourth-order valence-corrected chi connectivity index (χ4v) is 2.09. The molecule has 0 spiro atoms. The number of nitrogens with one attached hydrogen (secondary N) is 2. The predicted octanol–water partition coefficient (Wildman–Crippen LogP) is 1.42. The number of aliphatic imine (C=N–C) groups is 1. The molecule has 1 aliphatic heterocycles. The highest BCUT2D eigenvalue weighted by Crippen LogP contribution is 2.29. The van der Waals surface area contributed by atoms with E-state index in [9.17, 15) is 13.6 Å². The summed E-state index contributed by atoms with van der Waals surface area (Å²) < 4.78 is 27.1. The number of guanidine groups is 1. The van der Waals surface area contributed by atoms with Crippen LogP contribution in [0.1, 0.15) is 25.3 Å². The Morgan fingerprint density at radius 1 is 1.37 bits per heavy atom. The van der Waals surface area contributed by atoms with Gasteiger partial charge in [-0.1, -0.05) is 12.1 Å². The lowest BCUT2D eigenvalue weighted by Crippen LogP contribution is -2.41. The highest BCUT2D eigenvalue weighted by atomic mass is 19.2. The Bertz CT molecular complexity index is 583. The molecule has 0 radical (unpaired) electrons. The maximum Gasteiger partial charge on any atom is 0.256 e. The zero-order valence-electron chi connectivity index (χ0n) is 10.3. The maximum absolute atomic E-state index is 13.8. The van der Waals surface area contributed by atoms with Gasteiger partial charge in [-0.15, -0.1) is 0 Å². The Labute approximate surface area is 108 Å². The van der Waals surface area contributed by atoms with Crippen LogP contribution in [0.25, 0.3) is 0 Å². The van der Waals surface area contributed by atoms with Crippen LogP contribution in [0.5, 0.6) is 0 Å². The van der Waals surface area contributed by atoms with E-state index in [4.69, 9.17) is 0 Å². The number of carbonyl (C=O) groups is 1.